The van der Waals surface area contributed by atoms with E-state index in [1.54, 1.807) is 6.92 Å². The highest BCUT2D eigenvalue weighted by Gasteiger charge is 2.17. The van der Waals surface area contributed by atoms with Crippen LogP contribution in [0.5, 0.6) is 0 Å². The van der Waals surface area contributed by atoms with Gasteiger partial charge in [0.25, 0.3) is 0 Å². The number of rotatable bonds is 10. The lowest BCUT2D eigenvalue weighted by molar-refractivity contribution is -0.890. The third kappa shape index (κ3) is 9.36. The van der Waals surface area contributed by atoms with Gasteiger partial charge in [-0.1, -0.05) is 30.3 Å². The molecule has 0 aliphatic heterocycles. The summed E-state index contributed by atoms with van der Waals surface area (Å²) < 4.78 is 5.94. The highest BCUT2D eigenvalue weighted by Crippen LogP contribution is 2.07. The van der Waals surface area contributed by atoms with Crippen molar-refractivity contribution >= 4 is 12.3 Å². The van der Waals surface area contributed by atoms with Crippen molar-refractivity contribution in [3.05, 3.63) is 35.9 Å². The van der Waals surface area contributed by atoms with E-state index in [0.29, 0.717) is 12.9 Å². The van der Waals surface area contributed by atoms with E-state index in [4.69, 9.17) is 4.74 Å². The van der Waals surface area contributed by atoms with Crippen LogP contribution in [0.25, 0.3) is 0 Å². The molecule has 0 N–H and O–H groups in total. The lowest BCUT2D eigenvalue weighted by Gasteiger charge is -2.29. The molecule has 0 radical (unpaired) electrons. The Kier molecular flexibility index (Phi) is 10.5. The monoisotopic (exact) mass is 341 g/mol. The summed E-state index contributed by atoms with van der Waals surface area (Å²) in [7, 11) is 4.28. The van der Waals surface area contributed by atoms with Gasteiger partial charge < -0.3 is 26.4 Å². The minimum absolute atomic E-state index is 0. The van der Waals surface area contributed by atoms with Crippen LogP contribution in [-0.2, 0) is 20.7 Å². The van der Waals surface area contributed by atoms with Crippen molar-refractivity contribution in [3.8, 4) is 0 Å². The molecule has 1 aromatic carbocycles. The SMILES string of the molecule is CC(C=O)C(=O)OCC[N+](C)(C)CCCCc1ccccc1.[Cl-]. The normalized spacial score (nSPS) is 12.1. The van der Waals surface area contributed by atoms with Crippen LogP contribution >= 0.6 is 0 Å². The van der Waals surface area contributed by atoms with Gasteiger partial charge in [0.05, 0.1) is 20.6 Å². The number of carbonyl (C=O) groups excluding carboxylic acids is 2. The highest BCUT2D eigenvalue weighted by atomic mass is 35.5. The van der Waals surface area contributed by atoms with E-state index in [1.165, 1.54) is 5.56 Å². The Morgan fingerprint density at radius 3 is 2.43 bits per heavy atom. The summed E-state index contributed by atoms with van der Waals surface area (Å²) in [6, 6.07) is 10.5. The average molecular weight is 342 g/mol. The maximum absolute atomic E-state index is 11.4. The average Bonchev–Trinajstić information content (AvgIpc) is 2.51. The van der Waals surface area contributed by atoms with Gasteiger partial charge in [-0.15, -0.1) is 0 Å². The van der Waals surface area contributed by atoms with Gasteiger partial charge in [0.2, 0.25) is 0 Å². The van der Waals surface area contributed by atoms with E-state index in [0.717, 1.165) is 36.8 Å². The molecule has 1 aromatic rings. The third-order valence-electron chi connectivity index (χ3n) is 3.84. The van der Waals surface area contributed by atoms with Crippen molar-refractivity contribution in [2.75, 3.05) is 33.8 Å². The van der Waals surface area contributed by atoms with Gasteiger partial charge in [0.15, 0.2) is 0 Å². The van der Waals surface area contributed by atoms with Gasteiger partial charge in [-0.3, -0.25) is 4.79 Å². The molecule has 23 heavy (non-hydrogen) atoms. The Balaban J connectivity index is 0.00000484. The molecule has 0 saturated carbocycles. The van der Waals surface area contributed by atoms with Crippen molar-refractivity contribution < 1.29 is 31.2 Å². The molecule has 0 aliphatic carbocycles. The molecule has 130 valence electrons. The molecule has 0 amide bonds. The number of unbranched alkanes of at least 4 members (excludes halogenated alkanes) is 1. The first-order valence-corrected chi connectivity index (χ1v) is 7.92. The van der Waals surface area contributed by atoms with Crippen LogP contribution in [0.1, 0.15) is 25.3 Å². The minimum Gasteiger partial charge on any atom is -1.00 e. The number of aldehydes is 1. The summed E-state index contributed by atoms with van der Waals surface area (Å²) in [5.74, 6) is -1.10. The number of esters is 1. The van der Waals surface area contributed by atoms with Crippen molar-refractivity contribution in [3.63, 3.8) is 0 Å². The summed E-state index contributed by atoms with van der Waals surface area (Å²) in [5.41, 5.74) is 1.38. The second-order valence-electron chi connectivity index (χ2n) is 6.42. The molecule has 4 nitrogen and oxygen atoms in total. The van der Waals surface area contributed by atoms with Crippen molar-refractivity contribution in [2.24, 2.45) is 5.92 Å². The van der Waals surface area contributed by atoms with Crippen molar-refractivity contribution in [2.45, 2.75) is 26.2 Å². The Labute approximate surface area is 145 Å². The lowest BCUT2D eigenvalue weighted by atomic mass is 10.1. The molecule has 1 unspecified atom stereocenters. The Bertz CT molecular complexity index is 463. The first kappa shape index (κ1) is 21.6. The summed E-state index contributed by atoms with van der Waals surface area (Å²) in [6.45, 7) is 3.73. The first-order valence-electron chi connectivity index (χ1n) is 7.92. The number of quaternary nitrogens is 1. The minimum atomic E-state index is -0.665. The fourth-order valence-corrected chi connectivity index (χ4v) is 2.21. The fraction of sp³-hybridized carbons (Fsp3) is 0.556. The van der Waals surface area contributed by atoms with E-state index in [2.05, 4.69) is 38.4 Å². The summed E-state index contributed by atoms with van der Waals surface area (Å²) >= 11 is 0. The number of hydrogen-bond donors (Lipinski definition) is 0. The van der Waals surface area contributed by atoms with Crippen molar-refractivity contribution in [1.29, 1.82) is 0 Å². The standard InChI is InChI=1S/C18H28NO3.ClH/c1-16(15-20)18(21)22-14-13-19(2,3)12-8-7-11-17-9-5-4-6-10-17;/h4-6,9-10,15-16H,7-8,11-14H2,1-3H3;1H/q+1;/p-1. The molecule has 0 fully saturated rings. The largest absolute Gasteiger partial charge is 1.00 e. The Morgan fingerprint density at radius 1 is 1.17 bits per heavy atom. The van der Waals surface area contributed by atoms with Crippen LogP contribution in [0.3, 0.4) is 0 Å². The van der Waals surface area contributed by atoms with E-state index in [9.17, 15) is 9.59 Å². The summed E-state index contributed by atoms with van der Waals surface area (Å²) in [4.78, 5) is 21.9. The maximum Gasteiger partial charge on any atom is 0.316 e. The fourth-order valence-electron chi connectivity index (χ4n) is 2.21. The van der Waals surface area contributed by atoms with Crippen LogP contribution < -0.4 is 12.4 Å². The molecule has 1 atom stereocenters. The number of benzene rings is 1. The summed E-state index contributed by atoms with van der Waals surface area (Å²) in [6.07, 6.45) is 4.02. The van der Waals surface area contributed by atoms with Gasteiger partial charge in [-0.2, -0.15) is 0 Å². The maximum atomic E-state index is 11.4. The Morgan fingerprint density at radius 2 is 1.83 bits per heavy atom. The zero-order chi connectivity index (χ0) is 16.4. The molecular weight excluding hydrogens is 314 g/mol. The predicted molar refractivity (Wildman–Crippen MR) is 87.4 cm³/mol. The van der Waals surface area contributed by atoms with Crippen LogP contribution in [0.4, 0.5) is 0 Å². The third-order valence-corrected chi connectivity index (χ3v) is 3.84. The van der Waals surface area contributed by atoms with E-state index < -0.39 is 11.9 Å². The quantitative estimate of drug-likeness (QED) is 0.189. The molecule has 1 rings (SSSR count). The highest BCUT2D eigenvalue weighted by molar-refractivity contribution is 5.87. The van der Waals surface area contributed by atoms with Crippen LogP contribution in [-0.4, -0.2) is 50.5 Å². The van der Waals surface area contributed by atoms with Gasteiger partial charge in [0.1, 0.15) is 25.4 Å². The van der Waals surface area contributed by atoms with E-state index in [1.807, 2.05) is 6.07 Å². The second kappa shape index (κ2) is 11.2. The van der Waals surface area contributed by atoms with Gasteiger partial charge in [-0.05, 0) is 31.7 Å². The number of likely N-dealkylation sites (N-methyl/N-ethyl adjacent to an activating group) is 1. The van der Waals surface area contributed by atoms with E-state index in [-0.39, 0.29) is 12.4 Å². The number of ether oxygens (including phenoxy) is 1. The van der Waals surface area contributed by atoms with Gasteiger partial charge in [0, 0.05) is 0 Å². The zero-order valence-electron chi connectivity index (χ0n) is 14.3. The molecule has 0 spiro atoms. The molecule has 0 aromatic heterocycles. The summed E-state index contributed by atoms with van der Waals surface area (Å²) in [5, 5.41) is 0. The lowest BCUT2D eigenvalue weighted by Crippen LogP contribution is -3.00. The van der Waals surface area contributed by atoms with Crippen LogP contribution in [0, 0.1) is 5.92 Å². The van der Waals surface area contributed by atoms with Crippen LogP contribution in [0.2, 0.25) is 0 Å². The molecule has 0 saturated heterocycles. The van der Waals surface area contributed by atoms with E-state index >= 15 is 0 Å². The van der Waals surface area contributed by atoms with Crippen LogP contribution in [0.15, 0.2) is 30.3 Å². The van der Waals surface area contributed by atoms with Gasteiger partial charge >= 0.3 is 5.97 Å². The predicted octanol–water partition coefficient (Wildman–Crippen LogP) is -0.532. The topological polar surface area (TPSA) is 43.4 Å². The zero-order valence-corrected chi connectivity index (χ0v) is 15.1. The molecule has 0 heterocycles. The Hall–Kier alpha value is -1.39. The first-order chi connectivity index (χ1) is 10.4. The second-order valence-corrected chi connectivity index (χ2v) is 6.42. The van der Waals surface area contributed by atoms with Gasteiger partial charge in [-0.25, -0.2) is 0 Å². The number of aryl methyl sites for hydroxylation is 1. The molecule has 5 heteroatoms. The molecule has 0 aliphatic rings. The number of hydrogen-bond acceptors (Lipinski definition) is 3. The number of nitrogens with zero attached hydrogens (tertiary/aromatic N) is 1. The molecule has 0 bridgehead atoms. The van der Waals surface area contributed by atoms with Crippen molar-refractivity contribution in [1.82, 2.24) is 0 Å². The number of halogens is 1. The molecular formula is C18H28ClNO3. The number of carbonyl (C=O) groups is 2. The smallest absolute Gasteiger partial charge is 0.316 e.